The molecular formula is C18H36N2. The Kier molecular flexibility index (Phi) is 5.92. The number of hydrogen-bond donors (Lipinski definition) is 1. The lowest BCUT2D eigenvalue weighted by atomic mass is 9.84. The molecule has 0 amide bonds. The molecule has 2 aliphatic carbocycles. The van der Waals surface area contributed by atoms with E-state index in [9.17, 15) is 0 Å². The van der Waals surface area contributed by atoms with Gasteiger partial charge in [-0.1, -0.05) is 34.1 Å². The molecule has 118 valence electrons. The molecule has 0 bridgehead atoms. The van der Waals surface area contributed by atoms with Gasteiger partial charge >= 0.3 is 0 Å². The summed E-state index contributed by atoms with van der Waals surface area (Å²) in [7, 11) is 0. The van der Waals surface area contributed by atoms with Crippen LogP contribution in [0, 0.1) is 11.3 Å². The van der Waals surface area contributed by atoms with E-state index in [0.717, 1.165) is 18.0 Å². The molecule has 2 rings (SSSR count). The van der Waals surface area contributed by atoms with Crippen molar-refractivity contribution in [2.45, 2.75) is 84.7 Å². The van der Waals surface area contributed by atoms with Gasteiger partial charge in [0.25, 0.3) is 0 Å². The quantitative estimate of drug-likeness (QED) is 0.685. The highest BCUT2D eigenvalue weighted by atomic mass is 15.2. The van der Waals surface area contributed by atoms with E-state index in [1.54, 1.807) is 0 Å². The number of rotatable bonds is 9. The minimum atomic E-state index is 0.486. The molecule has 0 aromatic rings. The van der Waals surface area contributed by atoms with E-state index in [1.807, 2.05) is 0 Å². The fraction of sp³-hybridized carbons (Fsp3) is 1.00. The lowest BCUT2D eigenvalue weighted by Gasteiger charge is -2.34. The van der Waals surface area contributed by atoms with Crippen molar-refractivity contribution in [1.29, 1.82) is 0 Å². The predicted molar refractivity (Wildman–Crippen MR) is 88.1 cm³/mol. The van der Waals surface area contributed by atoms with Crippen molar-refractivity contribution in [1.82, 2.24) is 10.2 Å². The first-order valence-electron chi connectivity index (χ1n) is 9.06. The third kappa shape index (κ3) is 4.21. The van der Waals surface area contributed by atoms with Crippen LogP contribution in [-0.4, -0.2) is 36.6 Å². The molecule has 0 aliphatic heterocycles. The van der Waals surface area contributed by atoms with Crippen LogP contribution in [0.5, 0.6) is 0 Å². The van der Waals surface area contributed by atoms with Crippen LogP contribution in [0.15, 0.2) is 0 Å². The lowest BCUT2D eigenvalue weighted by Crippen LogP contribution is -2.46. The summed E-state index contributed by atoms with van der Waals surface area (Å²) in [4.78, 5) is 2.82. The summed E-state index contributed by atoms with van der Waals surface area (Å²) in [5, 5.41) is 3.87. The number of nitrogens with zero attached hydrogens (tertiary/aromatic N) is 1. The second-order valence-corrected chi connectivity index (χ2v) is 7.80. The SMILES string of the molecule is CCCCN(CC1CCC(C)(C)C1NCCC)C1CC1. The third-order valence-corrected chi connectivity index (χ3v) is 5.42. The molecule has 0 aromatic heterocycles. The Bertz CT molecular complexity index is 283. The second kappa shape index (κ2) is 7.26. The van der Waals surface area contributed by atoms with Crippen molar-refractivity contribution < 1.29 is 0 Å². The molecule has 2 saturated carbocycles. The van der Waals surface area contributed by atoms with Crippen molar-refractivity contribution in [3.63, 3.8) is 0 Å². The monoisotopic (exact) mass is 280 g/mol. The van der Waals surface area contributed by atoms with Gasteiger partial charge in [-0.05, 0) is 62.9 Å². The van der Waals surface area contributed by atoms with E-state index in [-0.39, 0.29) is 0 Å². The Hall–Kier alpha value is -0.0800. The lowest BCUT2D eigenvalue weighted by molar-refractivity contribution is 0.175. The van der Waals surface area contributed by atoms with Crippen LogP contribution < -0.4 is 5.32 Å². The topological polar surface area (TPSA) is 15.3 Å². The number of nitrogens with one attached hydrogen (secondary N) is 1. The van der Waals surface area contributed by atoms with E-state index < -0.39 is 0 Å². The predicted octanol–water partition coefficient (Wildman–Crippen LogP) is 4.06. The summed E-state index contributed by atoms with van der Waals surface area (Å²) < 4.78 is 0. The first kappa shape index (κ1) is 16.3. The van der Waals surface area contributed by atoms with Crippen LogP contribution in [0.1, 0.15) is 72.6 Å². The molecule has 0 aromatic carbocycles. The van der Waals surface area contributed by atoms with Gasteiger partial charge in [0.05, 0.1) is 0 Å². The zero-order valence-corrected chi connectivity index (χ0v) is 14.3. The minimum Gasteiger partial charge on any atom is -0.313 e. The molecule has 2 fully saturated rings. The van der Waals surface area contributed by atoms with E-state index in [1.165, 1.54) is 64.6 Å². The fourth-order valence-electron chi connectivity index (χ4n) is 3.98. The van der Waals surface area contributed by atoms with Crippen molar-refractivity contribution in [2.24, 2.45) is 11.3 Å². The maximum absolute atomic E-state index is 3.87. The zero-order valence-electron chi connectivity index (χ0n) is 14.3. The maximum Gasteiger partial charge on any atom is 0.0159 e. The van der Waals surface area contributed by atoms with Gasteiger partial charge in [-0.25, -0.2) is 0 Å². The van der Waals surface area contributed by atoms with Crippen LogP contribution in [0.4, 0.5) is 0 Å². The van der Waals surface area contributed by atoms with Gasteiger partial charge in [0.1, 0.15) is 0 Å². The Morgan fingerprint density at radius 2 is 1.85 bits per heavy atom. The molecule has 20 heavy (non-hydrogen) atoms. The van der Waals surface area contributed by atoms with Gasteiger partial charge in [-0.2, -0.15) is 0 Å². The van der Waals surface area contributed by atoms with E-state index in [2.05, 4.69) is 37.9 Å². The summed E-state index contributed by atoms with van der Waals surface area (Å²) >= 11 is 0. The Balaban J connectivity index is 1.91. The van der Waals surface area contributed by atoms with Gasteiger partial charge in [-0.15, -0.1) is 0 Å². The van der Waals surface area contributed by atoms with Crippen LogP contribution in [0.25, 0.3) is 0 Å². The van der Waals surface area contributed by atoms with Crippen molar-refractivity contribution in [2.75, 3.05) is 19.6 Å². The highest BCUT2D eigenvalue weighted by Gasteiger charge is 2.43. The minimum absolute atomic E-state index is 0.486. The molecule has 0 radical (unpaired) electrons. The molecule has 1 N–H and O–H groups in total. The summed E-state index contributed by atoms with van der Waals surface area (Å²) in [6.45, 7) is 13.4. The standard InChI is InChI=1S/C18H36N2/c1-5-7-13-20(16-8-9-16)14-15-10-11-18(3,4)17(15)19-12-6-2/h15-17,19H,5-14H2,1-4H3. The molecular weight excluding hydrogens is 244 g/mol. The Morgan fingerprint density at radius 3 is 2.45 bits per heavy atom. The van der Waals surface area contributed by atoms with Crippen molar-refractivity contribution >= 4 is 0 Å². The number of hydrogen-bond acceptors (Lipinski definition) is 2. The van der Waals surface area contributed by atoms with E-state index in [0.29, 0.717) is 5.41 Å². The van der Waals surface area contributed by atoms with Crippen LogP contribution in [0.2, 0.25) is 0 Å². The smallest absolute Gasteiger partial charge is 0.0159 e. The summed E-state index contributed by atoms with van der Waals surface area (Å²) in [6.07, 6.45) is 9.67. The van der Waals surface area contributed by atoms with Crippen molar-refractivity contribution in [3.8, 4) is 0 Å². The van der Waals surface area contributed by atoms with Crippen LogP contribution in [-0.2, 0) is 0 Å². The largest absolute Gasteiger partial charge is 0.313 e. The van der Waals surface area contributed by atoms with Crippen LogP contribution >= 0.6 is 0 Å². The normalized spacial score (nSPS) is 29.2. The highest BCUT2D eigenvalue weighted by molar-refractivity contribution is 4.98. The molecule has 0 saturated heterocycles. The first-order valence-corrected chi connectivity index (χ1v) is 9.06. The van der Waals surface area contributed by atoms with Gasteiger partial charge < -0.3 is 10.2 Å². The average Bonchev–Trinajstić information content (AvgIpc) is 3.20. The van der Waals surface area contributed by atoms with Gasteiger partial charge in [0.2, 0.25) is 0 Å². The van der Waals surface area contributed by atoms with Gasteiger partial charge in [0.15, 0.2) is 0 Å². The maximum atomic E-state index is 3.87. The average molecular weight is 281 g/mol. The summed E-state index contributed by atoms with van der Waals surface area (Å²) in [5.41, 5.74) is 0.486. The van der Waals surface area contributed by atoms with E-state index in [4.69, 9.17) is 0 Å². The molecule has 2 unspecified atom stereocenters. The van der Waals surface area contributed by atoms with E-state index >= 15 is 0 Å². The molecule has 2 heteroatoms. The molecule has 2 nitrogen and oxygen atoms in total. The zero-order chi connectivity index (χ0) is 14.6. The van der Waals surface area contributed by atoms with Gasteiger partial charge in [-0.3, -0.25) is 0 Å². The molecule has 0 heterocycles. The fourth-order valence-corrected chi connectivity index (χ4v) is 3.98. The Labute approximate surface area is 126 Å². The summed E-state index contributed by atoms with van der Waals surface area (Å²) in [5.74, 6) is 0.869. The third-order valence-electron chi connectivity index (χ3n) is 5.42. The number of unbranched alkanes of at least 4 members (excludes halogenated alkanes) is 1. The Morgan fingerprint density at radius 1 is 1.10 bits per heavy atom. The molecule has 2 atom stereocenters. The summed E-state index contributed by atoms with van der Waals surface area (Å²) in [6, 6.07) is 1.66. The highest BCUT2D eigenvalue weighted by Crippen LogP contribution is 2.42. The first-order chi connectivity index (χ1) is 9.58. The van der Waals surface area contributed by atoms with Crippen LogP contribution in [0.3, 0.4) is 0 Å². The molecule has 0 spiro atoms. The molecule has 2 aliphatic rings. The van der Waals surface area contributed by atoms with Crippen molar-refractivity contribution in [3.05, 3.63) is 0 Å². The van der Waals surface area contributed by atoms with Gasteiger partial charge in [0, 0.05) is 18.6 Å². The second-order valence-electron chi connectivity index (χ2n) is 7.80.